The highest BCUT2D eigenvalue weighted by Crippen LogP contribution is 2.36. The monoisotopic (exact) mass is 279 g/mol. The second-order valence-corrected chi connectivity index (χ2v) is 6.12. The fourth-order valence-electron chi connectivity index (χ4n) is 3.64. The van der Waals surface area contributed by atoms with Crippen LogP contribution in [0, 0.1) is 6.92 Å². The fourth-order valence-corrected chi connectivity index (χ4v) is 3.64. The van der Waals surface area contributed by atoms with Crippen LogP contribution in [0.2, 0.25) is 0 Å². The Morgan fingerprint density at radius 2 is 2.05 bits per heavy atom. The van der Waals surface area contributed by atoms with Crippen molar-refractivity contribution in [2.45, 2.75) is 25.8 Å². The van der Waals surface area contributed by atoms with Crippen LogP contribution in [-0.2, 0) is 11.2 Å². The summed E-state index contributed by atoms with van der Waals surface area (Å²) in [6.07, 6.45) is 2.39. The maximum atomic E-state index is 5.65. The molecule has 1 unspecified atom stereocenters. The summed E-state index contributed by atoms with van der Waals surface area (Å²) in [4.78, 5) is 2.56. The molecule has 0 amide bonds. The van der Waals surface area contributed by atoms with E-state index in [0.29, 0.717) is 6.04 Å². The van der Waals surface area contributed by atoms with Crippen molar-refractivity contribution < 1.29 is 4.74 Å². The molecule has 2 aliphatic heterocycles. The highest BCUT2D eigenvalue weighted by atomic mass is 16.5. The van der Waals surface area contributed by atoms with Crippen LogP contribution in [0.4, 0.5) is 5.69 Å². The Balaban J connectivity index is 1.78. The van der Waals surface area contributed by atoms with E-state index >= 15 is 0 Å². The molecular weight excluding hydrogens is 258 g/mol. The molecule has 0 N–H and O–H groups in total. The van der Waals surface area contributed by atoms with Gasteiger partial charge in [0.1, 0.15) is 0 Å². The Bertz CT molecular complexity index is 664. The molecule has 2 heterocycles. The van der Waals surface area contributed by atoms with E-state index in [1.807, 2.05) is 0 Å². The van der Waals surface area contributed by atoms with Crippen LogP contribution in [0.3, 0.4) is 0 Å². The van der Waals surface area contributed by atoms with Crippen molar-refractivity contribution in [3.63, 3.8) is 0 Å². The third-order valence-electron chi connectivity index (χ3n) is 4.83. The molecule has 0 spiro atoms. The van der Waals surface area contributed by atoms with Crippen molar-refractivity contribution in [1.29, 1.82) is 0 Å². The number of benzene rings is 2. The van der Waals surface area contributed by atoms with Gasteiger partial charge in [-0.2, -0.15) is 0 Å². The van der Waals surface area contributed by atoms with E-state index in [2.05, 4.69) is 54.3 Å². The Hall–Kier alpha value is -1.80. The second-order valence-electron chi connectivity index (χ2n) is 6.12. The zero-order valence-electron chi connectivity index (χ0n) is 12.5. The highest BCUT2D eigenvalue weighted by Gasteiger charge is 2.29. The summed E-state index contributed by atoms with van der Waals surface area (Å²) in [6, 6.07) is 16.2. The average molecular weight is 279 g/mol. The number of hydrogen-bond acceptors (Lipinski definition) is 2. The smallest absolute Gasteiger partial charge is 0.0671 e. The lowest BCUT2D eigenvalue weighted by Gasteiger charge is -2.42. The van der Waals surface area contributed by atoms with Gasteiger partial charge in [0.25, 0.3) is 0 Å². The number of hydrogen-bond donors (Lipinski definition) is 0. The minimum Gasteiger partial charge on any atom is -0.377 e. The lowest BCUT2D eigenvalue weighted by atomic mass is 9.91. The first kappa shape index (κ1) is 12.9. The van der Waals surface area contributed by atoms with E-state index in [-0.39, 0.29) is 0 Å². The maximum Gasteiger partial charge on any atom is 0.0671 e. The Labute approximate surface area is 126 Å². The lowest BCUT2D eigenvalue weighted by molar-refractivity contribution is 0.0897. The van der Waals surface area contributed by atoms with Gasteiger partial charge in [0.2, 0.25) is 0 Å². The summed E-state index contributed by atoms with van der Waals surface area (Å²) >= 11 is 0. The minimum absolute atomic E-state index is 0.568. The average Bonchev–Trinajstić information content (AvgIpc) is 2.55. The SMILES string of the molecule is Cc1ccccc1-c1ccc2c(c1)N1CCOCC1CC2. The van der Waals surface area contributed by atoms with E-state index < -0.39 is 0 Å². The molecule has 108 valence electrons. The predicted octanol–water partition coefficient (Wildman–Crippen LogP) is 3.81. The van der Waals surface area contributed by atoms with Gasteiger partial charge in [-0.1, -0.05) is 36.4 Å². The number of ether oxygens (including phenoxy) is 1. The number of morpholine rings is 1. The first-order valence-corrected chi connectivity index (χ1v) is 7.86. The van der Waals surface area contributed by atoms with E-state index in [4.69, 9.17) is 4.74 Å². The standard InChI is InChI=1S/C19H21NO/c1-14-4-2-3-5-18(14)16-7-6-15-8-9-17-13-21-11-10-20(17)19(15)12-16/h2-7,12,17H,8-11,13H2,1H3. The van der Waals surface area contributed by atoms with E-state index in [0.717, 1.165) is 19.8 Å². The van der Waals surface area contributed by atoms with Crippen molar-refractivity contribution >= 4 is 5.69 Å². The molecule has 2 aliphatic rings. The quantitative estimate of drug-likeness (QED) is 0.787. The van der Waals surface area contributed by atoms with Crippen LogP contribution in [0.1, 0.15) is 17.5 Å². The number of nitrogens with zero attached hydrogens (tertiary/aromatic N) is 1. The van der Waals surface area contributed by atoms with Crippen molar-refractivity contribution in [2.75, 3.05) is 24.7 Å². The molecular formula is C19H21NO. The molecule has 2 heteroatoms. The van der Waals surface area contributed by atoms with Crippen molar-refractivity contribution in [2.24, 2.45) is 0 Å². The zero-order valence-corrected chi connectivity index (χ0v) is 12.5. The molecule has 0 aliphatic carbocycles. The molecule has 0 bridgehead atoms. The number of aryl methyl sites for hydroxylation is 2. The van der Waals surface area contributed by atoms with Gasteiger partial charge < -0.3 is 9.64 Å². The number of anilines is 1. The van der Waals surface area contributed by atoms with Crippen LogP contribution < -0.4 is 4.90 Å². The summed E-state index contributed by atoms with van der Waals surface area (Å²) in [5.41, 5.74) is 6.93. The van der Waals surface area contributed by atoms with Gasteiger partial charge in [-0.15, -0.1) is 0 Å². The van der Waals surface area contributed by atoms with Crippen LogP contribution in [-0.4, -0.2) is 25.8 Å². The summed E-state index contributed by atoms with van der Waals surface area (Å²) in [6.45, 7) is 4.94. The number of fused-ring (bicyclic) bond motifs is 3. The van der Waals surface area contributed by atoms with Crippen LogP contribution >= 0.6 is 0 Å². The summed E-state index contributed by atoms with van der Waals surface area (Å²) < 4.78 is 5.65. The molecule has 21 heavy (non-hydrogen) atoms. The maximum absolute atomic E-state index is 5.65. The largest absolute Gasteiger partial charge is 0.377 e. The van der Waals surface area contributed by atoms with Crippen LogP contribution in [0.15, 0.2) is 42.5 Å². The van der Waals surface area contributed by atoms with E-state index in [9.17, 15) is 0 Å². The van der Waals surface area contributed by atoms with Gasteiger partial charge in [0.05, 0.1) is 19.3 Å². The van der Waals surface area contributed by atoms with Crippen molar-refractivity contribution in [3.8, 4) is 11.1 Å². The van der Waals surface area contributed by atoms with Crippen LogP contribution in [0.5, 0.6) is 0 Å². The second kappa shape index (κ2) is 5.19. The predicted molar refractivity (Wildman–Crippen MR) is 86.9 cm³/mol. The summed E-state index contributed by atoms with van der Waals surface area (Å²) in [5, 5.41) is 0. The van der Waals surface area contributed by atoms with Crippen molar-refractivity contribution in [3.05, 3.63) is 53.6 Å². The normalized spacial score (nSPS) is 20.8. The summed E-state index contributed by atoms with van der Waals surface area (Å²) in [7, 11) is 0. The fraction of sp³-hybridized carbons (Fsp3) is 0.368. The Morgan fingerprint density at radius 1 is 1.14 bits per heavy atom. The first-order chi connectivity index (χ1) is 10.3. The lowest BCUT2D eigenvalue weighted by Crippen LogP contribution is -2.48. The highest BCUT2D eigenvalue weighted by molar-refractivity contribution is 5.73. The van der Waals surface area contributed by atoms with Gasteiger partial charge >= 0.3 is 0 Å². The number of rotatable bonds is 1. The van der Waals surface area contributed by atoms with E-state index in [1.54, 1.807) is 0 Å². The van der Waals surface area contributed by atoms with Gasteiger partial charge in [0.15, 0.2) is 0 Å². The van der Waals surface area contributed by atoms with Gasteiger partial charge in [-0.3, -0.25) is 0 Å². The van der Waals surface area contributed by atoms with Gasteiger partial charge in [-0.25, -0.2) is 0 Å². The van der Waals surface area contributed by atoms with Crippen molar-refractivity contribution in [1.82, 2.24) is 0 Å². The molecule has 0 saturated carbocycles. The zero-order chi connectivity index (χ0) is 14.2. The molecule has 4 rings (SSSR count). The van der Waals surface area contributed by atoms with Gasteiger partial charge in [-0.05, 0) is 48.1 Å². The Kier molecular flexibility index (Phi) is 3.19. The van der Waals surface area contributed by atoms with Crippen LogP contribution in [0.25, 0.3) is 11.1 Å². The summed E-state index contributed by atoms with van der Waals surface area (Å²) in [5.74, 6) is 0. The molecule has 1 atom stereocenters. The minimum atomic E-state index is 0.568. The molecule has 0 radical (unpaired) electrons. The molecule has 1 fully saturated rings. The molecule has 2 aromatic carbocycles. The Morgan fingerprint density at radius 3 is 2.95 bits per heavy atom. The molecule has 2 aromatic rings. The third kappa shape index (κ3) is 2.24. The first-order valence-electron chi connectivity index (χ1n) is 7.86. The third-order valence-corrected chi connectivity index (χ3v) is 4.83. The topological polar surface area (TPSA) is 12.5 Å². The molecule has 1 saturated heterocycles. The molecule has 0 aromatic heterocycles. The molecule has 2 nitrogen and oxygen atoms in total. The van der Waals surface area contributed by atoms with E-state index in [1.165, 1.54) is 40.8 Å². The van der Waals surface area contributed by atoms with Gasteiger partial charge in [0, 0.05) is 12.2 Å².